The molecule has 53 heavy (non-hydrogen) atoms. The first-order valence-corrected chi connectivity index (χ1v) is 18.3. The quantitative estimate of drug-likeness (QED) is 0.134. The van der Waals surface area contributed by atoms with Gasteiger partial charge in [-0.05, 0) is 53.6 Å². The van der Waals surface area contributed by atoms with Gasteiger partial charge in [-0.25, -0.2) is 9.79 Å². The normalized spacial score (nSPS) is 13.9. The summed E-state index contributed by atoms with van der Waals surface area (Å²) in [7, 11) is 3.11. The summed E-state index contributed by atoms with van der Waals surface area (Å²) in [6, 6.07) is 33.1. The maximum Gasteiger partial charge on any atom is 0.338 e. The highest BCUT2D eigenvalue weighted by atomic mass is 79.9. The van der Waals surface area contributed by atoms with Gasteiger partial charge < -0.3 is 18.9 Å². The number of nitriles is 1. The molecule has 0 amide bonds. The third-order valence-corrected chi connectivity index (χ3v) is 10.6. The van der Waals surface area contributed by atoms with Gasteiger partial charge in [0, 0.05) is 21.2 Å². The van der Waals surface area contributed by atoms with Crippen molar-refractivity contribution >= 4 is 55.8 Å². The summed E-state index contributed by atoms with van der Waals surface area (Å²) < 4.78 is 26.0. The van der Waals surface area contributed by atoms with Crippen molar-refractivity contribution < 1.29 is 23.7 Å². The first-order valence-electron chi connectivity index (χ1n) is 16.7. The zero-order chi connectivity index (χ0) is 37.1. The Bertz CT molecular complexity index is 2640. The molecule has 0 saturated carbocycles. The molecule has 1 aromatic heterocycles. The molecule has 0 radical (unpaired) electrons. The molecule has 1 aliphatic rings. The van der Waals surface area contributed by atoms with Gasteiger partial charge in [0.05, 0.1) is 48.3 Å². The second kappa shape index (κ2) is 15.3. The number of hydrogen-bond donors (Lipinski definition) is 0. The molecule has 264 valence electrons. The third kappa shape index (κ3) is 6.75. The third-order valence-electron chi connectivity index (χ3n) is 8.89. The van der Waals surface area contributed by atoms with Gasteiger partial charge in [0.1, 0.15) is 18.4 Å². The summed E-state index contributed by atoms with van der Waals surface area (Å²) in [4.78, 5) is 34.2. The van der Waals surface area contributed by atoms with E-state index in [1.165, 1.54) is 18.4 Å². The van der Waals surface area contributed by atoms with Crippen LogP contribution in [0.15, 0.2) is 123 Å². The number of halogens is 1. The molecule has 0 aliphatic carbocycles. The summed E-state index contributed by atoms with van der Waals surface area (Å²) >= 11 is 4.88. The molecule has 1 atom stereocenters. The van der Waals surface area contributed by atoms with Crippen LogP contribution in [0.25, 0.3) is 22.5 Å². The molecule has 0 spiro atoms. The molecule has 0 saturated heterocycles. The van der Waals surface area contributed by atoms with Crippen LogP contribution >= 0.6 is 27.3 Å². The van der Waals surface area contributed by atoms with Crippen LogP contribution in [0.1, 0.15) is 40.8 Å². The summed E-state index contributed by atoms with van der Waals surface area (Å²) in [6.45, 7) is 2.04. The van der Waals surface area contributed by atoms with E-state index in [4.69, 9.17) is 23.9 Å². The van der Waals surface area contributed by atoms with E-state index in [9.17, 15) is 14.9 Å². The van der Waals surface area contributed by atoms with Crippen molar-refractivity contribution in [2.45, 2.75) is 19.6 Å². The highest BCUT2D eigenvalue weighted by Gasteiger charge is 2.37. The van der Waals surface area contributed by atoms with E-state index >= 15 is 0 Å². The van der Waals surface area contributed by atoms with Crippen LogP contribution in [-0.4, -0.2) is 31.4 Å². The maximum atomic E-state index is 14.7. The van der Waals surface area contributed by atoms with Crippen molar-refractivity contribution in [3.63, 3.8) is 0 Å². The fraction of sp³-hybridized carbons (Fsp3) is 0.143. The molecular formula is C42H32BrN3O6S. The number of methoxy groups -OCH3 is 2. The number of rotatable bonds is 10. The van der Waals surface area contributed by atoms with Crippen LogP contribution in [0, 0.1) is 11.3 Å². The number of aromatic nitrogens is 1. The van der Waals surface area contributed by atoms with Crippen LogP contribution in [0.4, 0.5) is 0 Å². The Morgan fingerprint density at radius 2 is 1.68 bits per heavy atom. The summed E-state index contributed by atoms with van der Waals surface area (Å²) in [5.41, 5.74) is 3.58. The van der Waals surface area contributed by atoms with Crippen LogP contribution in [-0.2, 0) is 16.1 Å². The lowest BCUT2D eigenvalue weighted by molar-refractivity contribution is -0.138. The number of carbonyl (C=O) groups excluding carboxylic acids is 1. The minimum Gasteiger partial charge on any atom is -0.496 e. The number of benzene rings is 5. The van der Waals surface area contributed by atoms with Crippen molar-refractivity contribution in [1.82, 2.24) is 4.57 Å². The van der Waals surface area contributed by atoms with E-state index in [1.54, 1.807) is 48.9 Å². The molecule has 0 unspecified atom stereocenters. The Hall–Kier alpha value is -5.96. The van der Waals surface area contributed by atoms with Crippen molar-refractivity contribution in [2.24, 2.45) is 4.99 Å². The molecular weight excluding hydrogens is 754 g/mol. The van der Waals surface area contributed by atoms with Gasteiger partial charge in [0.25, 0.3) is 5.56 Å². The number of ether oxygens (including phenoxy) is 4. The monoisotopic (exact) mass is 785 g/mol. The lowest BCUT2D eigenvalue weighted by atomic mass is 9.89. The number of nitrogens with zero attached hydrogens (tertiary/aromatic N) is 3. The molecule has 9 nitrogen and oxygen atoms in total. The van der Waals surface area contributed by atoms with Gasteiger partial charge >= 0.3 is 5.97 Å². The number of fused-ring (bicyclic) bond motifs is 2. The van der Waals surface area contributed by atoms with Crippen LogP contribution in [0.2, 0.25) is 0 Å². The summed E-state index contributed by atoms with van der Waals surface area (Å²) in [6.07, 6.45) is 1.76. The van der Waals surface area contributed by atoms with E-state index in [-0.39, 0.29) is 24.3 Å². The van der Waals surface area contributed by atoms with E-state index in [1.807, 2.05) is 78.9 Å². The van der Waals surface area contributed by atoms with E-state index in [0.717, 1.165) is 16.3 Å². The zero-order valence-electron chi connectivity index (χ0n) is 29.0. The molecule has 7 rings (SSSR count). The smallest absolute Gasteiger partial charge is 0.338 e. The SMILES string of the molecule is CCOC(=O)C1=C(c2ccccc2)N=c2sc(=Cc3cc(OC)c(OCc4ccccc4C#N)cc3Br)c(=O)n2[C@@H]1c1c(OC)ccc2ccccc12. The number of thiazole rings is 1. The molecule has 5 aromatic carbocycles. The molecule has 0 bridgehead atoms. The van der Waals surface area contributed by atoms with Crippen molar-refractivity contribution in [2.75, 3.05) is 20.8 Å². The first kappa shape index (κ1) is 35.4. The molecule has 0 fully saturated rings. The van der Waals surface area contributed by atoms with Gasteiger partial charge in [0.2, 0.25) is 0 Å². The van der Waals surface area contributed by atoms with Gasteiger partial charge in [0.15, 0.2) is 16.3 Å². The highest BCUT2D eigenvalue weighted by Crippen LogP contribution is 2.42. The van der Waals surface area contributed by atoms with E-state index < -0.39 is 12.0 Å². The Labute approximate surface area is 317 Å². The van der Waals surface area contributed by atoms with E-state index in [0.29, 0.717) is 59.0 Å². The highest BCUT2D eigenvalue weighted by molar-refractivity contribution is 9.10. The Balaban J connectivity index is 1.44. The van der Waals surface area contributed by atoms with Crippen molar-refractivity contribution in [3.05, 3.63) is 161 Å². The fourth-order valence-electron chi connectivity index (χ4n) is 6.43. The Kier molecular flexibility index (Phi) is 10.3. The van der Waals surface area contributed by atoms with Crippen molar-refractivity contribution in [3.8, 4) is 23.3 Å². The Morgan fingerprint density at radius 1 is 0.943 bits per heavy atom. The van der Waals surface area contributed by atoms with Crippen LogP contribution < -0.4 is 29.1 Å². The zero-order valence-corrected chi connectivity index (χ0v) is 31.4. The van der Waals surface area contributed by atoms with Gasteiger partial charge in [-0.2, -0.15) is 5.26 Å². The standard InChI is InChI=1S/C42H32BrN3O6S/c1-4-51-41(48)37-38(26-13-6-5-7-14-26)45-42-46(39(37)36-30-17-11-10-12-25(30)18-19-32(36)49-2)40(47)35(53-42)21-29-20-33(50-3)34(22-31(29)43)52-24-28-16-9-8-15-27(28)23-44/h5-22,39H,4,24H2,1-3H3/t39-/m1/s1. The minimum absolute atomic E-state index is 0.134. The molecule has 1 aliphatic heterocycles. The second-order valence-electron chi connectivity index (χ2n) is 11.9. The topological polar surface area (TPSA) is 112 Å². The van der Waals surface area contributed by atoms with Gasteiger partial charge in [-0.3, -0.25) is 9.36 Å². The predicted octanol–water partition coefficient (Wildman–Crippen LogP) is 7.32. The first-order chi connectivity index (χ1) is 25.9. The number of esters is 1. The van der Waals surface area contributed by atoms with Gasteiger partial charge in [-0.15, -0.1) is 0 Å². The maximum absolute atomic E-state index is 14.7. The predicted molar refractivity (Wildman–Crippen MR) is 208 cm³/mol. The minimum atomic E-state index is -0.936. The lowest BCUT2D eigenvalue weighted by Gasteiger charge is -2.28. The number of carbonyl (C=O) groups is 1. The van der Waals surface area contributed by atoms with Crippen LogP contribution in [0.3, 0.4) is 0 Å². The van der Waals surface area contributed by atoms with Gasteiger partial charge in [-0.1, -0.05) is 106 Å². The fourth-order valence-corrected chi connectivity index (χ4v) is 7.86. The van der Waals surface area contributed by atoms with E-state index in [2.05, 4.69) is 22.0 Å². The van der Waals surface area contributed by atoms with Crippen LogP contribution in [0.5, 0.6) is 17.2 Å². The number of hydrogen-bond acceptors (Lipinski definition) is 9. The second-order valence-corrected chi connectivity index (χ2v) is 13.8. The largest absolute Gasteiger partial charge is 0.496 e. The summed E-state index contributed by atoms with van der Waals surface area (Å²) in [5.74, 6) is 0.834. The average molecular weight is 787 g/mol. The van der Waals surface area contributed by atoms with Crippen molar-refractivity contribution in [1.29, 1.82) is 5.26 Å². The lowest BCUT2D eigenvalue weighted by Crippen LogP contribution is -2.40. The molecule has 11 heteroatoms. The average Bonchev–Trinajstić information content (AvgIpc) is 3.50. The summed E-state index contributed by atoms with van der Waals surface area (Å²) in [5, 5.41) is 11.2. The molecule has 2 heterocycles. The molecule has 6 aromatic rings. The Morgan fingerprint density at radius 3 is 2.43 bits per heavy atom. The molecule has 0 N–H and O–H groups in total.